The molecule has 43 heavy (non-hydrogen) atoms. The van der Waals surface area contributed by atoms with Gasteiger partial charge in [-0.1, -0.05) is 64.0 Å². The van der Waals surface area contributed by atoms with Gasteiger partial charge in [-0.25, -0.2) is 4.98 Å². The first-order chi connectivity index (χ1) is 20.1. The molecule has 1 fully saturated rings. The van der Waals surface area contributed by atoms with Crippen LogP contribution in [0.4, 0.5) is 0 Å². The summed E-state index contributed by atoms with van der Waals surface area (Å²) in [5.41, 5.74) is 5.02. The minimum atomic E-state index is -2.17. The van der Waals surface area contributed by atoms with Gasteiger partial charge in [0, 0.05) is 19.0 Å². The van der Waals surface area contributed by atoms with Crippen molar-refractivity contribution in [3.8, 4) is 10.4 Å². The highest BCUT2D eigenvalue weighted by atomic mass is 32.1. The van der Waals surface area contributed by atoms with Gasteiger partial charge in [0.2, 0.25) is 11.8 Å². The Morgan fingerprint density at radius 3 is 2.40 bits per heavy atom. The average molecular weight is 625 g/mol. The number of nitrogens with zero attached hydrogens (tertiary/aromatic N) is 3. The van der Waals surface area contributed by atoms with Crippen LogP contribution in [0.5, 0.6) is 0 Å². The van der Waals surface area contributed by atoms with Crippen LogP contribution < -0.4 is 5.32 Å². The Labute approximate surface area is 259 Å². The summed E-state index contributed by atoms with van der Waals surface area (Å²) in [5, 5.41) is 6.91. The van der Waals surface area contributed by atoms with E-state index in [0.717, 1.165) is 21.7 Å². The number of aldehydes is 1. The van der Waals surface area contributed by atoms with Gasteiger partial charge in [0.15, 0.2) is 14.6 Å². The summed E-state index contributed by atoms with van der Waals surface area (Å²) < 4.78 is 12.1. The lowest BCUT2D eigenvalue weighted by Gasteiger charge is -2.38. The number of carbonyl (C=O) groups excluding carboxylic acids is 3. The number of benzene rings is 1. The molecule has 9 nitrogen and oxygen atoms in total. The summed E-state index contributed by atoms with van der Waals surface area (Å²) in [5.74, 6) is -0.980. The quantitative estimate of drug-likeness (QED) is 0.202. The van der Waals surface area contributed by atoms with Crippen LogP contribution >= 0.6 is 11.3 Å². The van der Waals surface area contributed by atoms with E-state index in [1.807, 2.05) is 57.5 Å². The highest BCUT2D eigenvalue weighted by Crippen LogP contribution is 2.40. The lowest BCUT2D eigenvalue weighted by molar-refractivity contribution is -0.141. The zero-order valence-corrected chi connectivity index (χ0v) is 28.5. The average Bonchev–Trinajstić information content (AvgIpc) is 3.67. The number of aromatic nitrogens is 2. The standard InChI is InChI=1S/C32H44N4O5SSi/c1-19(2)28(27-14-24(17-37)35-40-27)31(39)36-16-25(41-43(8,9)32(5,6)7)15-26(36)30(38)34-20(3)22-10-12-23(13-11-22)29-21(4)33-18-42-29/h10-14,17-20,25-26,28H,15-16H2,1-9H3,(H,34,38)/t20-,25+,26-,28?/m0/s1. The molecule has 1 unspecified atom stereocenters. The third-order valence-electron chi connectivity index (χ3n) is 8.80. The van der Waals surface area contributed by atoms with Crippen molar-refractivity contribution in [2.45, 2.75) is 97.1 Å². The van der Waals surface area contributed by atoms with Gasteiger partial charge < -0.3 is 19.2 Å². The van der Waals surface area contributed by atoms with Crippen LogP contribution in [0.25, 0.3) is 10.4 Å². The van der Waals surface area contributed by atoms with Crippen molar-refractivity contribution >= 4 is 37.8 Å². The molecule has 0 bridgehead atoms. The zero-order chi connectivity index (χ0) is 31.7. The van der Waals surface area contributed by atoms with Crippen molar-refractivity contribution < 1.29 is 23.3 Å². The van der Waals surface area contributed by atoms with E-state index in [0.29, 0.717) is 25.0 Å². The second-order valence-electron chi connectivity index (χ2n) is 13.4. The van der Waals surface area contributed by atoms with Crippen LogP contribution in [0.2, 0.25) is 18.1 Å². The second kappa shape index (κ2) is 12.8. The van der Waals surface area contributed by atoms with E-state index >= 15 is 0 Å². The lowest BCUT2D eigenvalue weighted by atomic mass is 9.91. The predicted octanol–water partition coefficient (Wildman–Crippen LogP) is 6.53. The predicted molar refractivity (Wildman–Crippen MR) is 171 cm³/mol. The number of thiazole rings is 1. The number of hydrogen-bond acceptors (Lipinski definition) is 8. The summed E-state index contributed by atoms with van der Waals surface area (Å²) in [6.45, 7) is 19.0. The first-order valence-corrected chi connectivity index (χ1v) is 18.6. The number of nitrogens with one attached hydrogen (secondary N) is 1. The molecular weight excluding hydrogens is 581 g/mol. The molecule has 3 heterocycles. The second-order valence-corrected chi connectivity index (χ2v) is 19.0. The van der Waals surface area contributed by atoms with Crippen LogP contribution in [-0.4, -0.2) is 60.1 Å². The largest absolute Gasteiger partial charge is 0.412 e. The normalized spacial score (nSPS) is 19.0. The van der Waals surface area contributed by atoms with Crippen LogP contribution in [0.3, 0.4) is 0 Å². The van der Waals surface area contributed by atoms with Crippen LogP contribution in [0.15, 0.2) is 40.4 Å². The minimum Gasteiger partial charge on any atom is -0.412 e. The summed E-state index contributed by atoms with van der Waals surface area (Å²) >= 11 is 1.60. The van der Waals surface area contributed by atoms with E-state index in [1.54, 1.807) is 16.2 Å². The molecule has 0 radical (unpaired) electrons. The molecule has 2 amide bonds. The number of hydrogen-bond donors (Lipinski definition) is 1. The fourth-order valence-electron chi connectivity index (χ4n) is 5.28. The highest BCUT2D eigenvalue weighted by molar-refractivity contribution is 7.13. The highest BCUT2D eigenvalue weighted by Gasteiger charge is 2.47. The van der Waals surface area contributed by atoms with Gasteiger partial charge in [0.05, 0.1) is 28.2 Å². The summed E-state index contributed by atoms with van der Waals surface area (Å²) in [6.07, 6.45) is 0.725. The van der Waals surface area contributed by atoms with Crippen molar-refractivity contribution in [1.82, 2.24) is 20.4 Å². The number of aryl methyl sites for hydroxylation is 1. The van der Waals surface area contributed by atoms with Crippen LogP contribution in [0.1, 0.15) is 87.4 Å². The summed E-state index contributed by atoms with van der Waals surface area (Å²) in [4.78, 5) is 46.4. The molecule has 4 atom stereocenters. The Balaban J connectivity index is 1.57. The zero-order valence-electron chi connectivity index (χ0n) is 26.6. The molecule has 3 aromatic rings. The molecule has 4 rings (SSSR count). The van der Waals surface area contributed by atoms with Crippen molar-refractivity contribution in [3.63, 3.8) is 0 Å². The third kappa shape index (κ3) is 7.16. The van der Waals surface area contributed by atoms with E-state index in [9.17, 15) is 14.4 Å². The molecule has 0 spiro atoms. The van der Waals surface area contributed by atoms with Crippen molar-refractivity contribution in [3.05, 3.63) is 58.6 Å². The molecule has 1 aliphatic heterocycles. The molecular formula is C32H44N4O5SSi. The molecule has 1 aliphatic rings. The maximum Gasteiger partial charge on any atom is 0.243 e. The van der Waals surface area contributed by atoms with Gasteiger partial charge in [0.25, 0.3) is 0 Å². The number of amides is 2. The molecule has 232 valence electrons. The third-order valence-corrected chi connectivity index (χ3v) is 14.3. The van der Waals surface area contributed by atoms with Gasteiger partial charge in [-0.15, -0.1) is 11.3 Å². The minimum absolute atomic E-state index is 0.0217. The van der Waals surface area contributed by atoms with Gasteiger partial charge in [-0.2, -0.15) is 0 Å². The molecule has 1 saturated heterocycles. The van der Waals surface area contributed by atoms with E-state index in [-0.39, 0.29) is 40.6 Å². The Kier molecular flexibility index (Phi) is 9.78. The van der Waals surface area contributed by atoms with Crippen molar-refractivity contribution in [2.24, 2.45) is 5.92 Å². The fraction of sp³-hybridized carbons (Fsp3) is 0.531. The Hall–Kier alpha value is -3.15. The van der Waals surface area contributed by atoms with E-state index in [4.69, 9.17) is 8.95 Å². The number of rotatable bonds is 10. The SMILES string of the molecule is Cc1ncsc1-c1ccc([C@H](C)NC(=O)[C@@H]2C[C@@H](O[Si](C)(C)C(C)(C)C)CN2C(=O)C(c2cc(C=O)no2)C(C)C)cc1. The van der Waals surface area contributed by atoms with E-state index < -0.39 is 20.3 Å². The summed E-state index contributed by atoms with van der Waals surface area (Å²) in [6, 6.07) is 8.65. The molecule has 0 aliphatic carbocycles. The molecule has 2 aromatic heterocycles. The molecule has 0 saturated carbocycles. The maximum absolute atomic E-state index is 14.2. The maximum atomic E-state index is 14.2. The van der Waals surface area contributed by atoms with Gasteiger partial charge in [-0.05, 0) is 49.0 Å². The van der Waals surface area contributed by atoms with Gasteiger partial charge >= 0.3 is 0 Å². The molecule has 11 heteroatoms. The monoisotopic (exact) mass is 624 g/mol. The Bertz CT molecular complexity index is 1440. The first kappa shape index (κ1) is 32.8. The van der Waals surface area contributed by atoms with Crippen molar-refractivity contribution in [1.29, 1.82) is 0 Å². The van der Waals surface area contributed by atoms with Gasteiger partial charge in [-0.3, -0.25) is 14.4 Å². The van der Waals surface area contributed by atoms with Crippen LogP contribution in [0, 0.1) is 12.8 Å². The van der Waals surface area contributed by atoms with E-state index in [1.165, 1.54) is 6.07 Å². The molecule has 1 N–H and O–H groups in total. The van der Waals surface area contributed by atoms with Gasteiger partial charge in [0.1, 0.15) is 23.4 Å². The summed E-state index contributed by atoms with van der Waals surface area (Å²) in [7, 11) is -2.17. The fourth-order valence-corrected chi connectivity index (χ4v) is 7.45. The first-order valence-electron chi connectivity index (χ1n) is 14.8. The lowest BCUT2D eigenvalue weighted by Crippen LogP contribution is -2.48. The number of likely N-dealkylation sites (tertiary alicyclic amines) is 1. The Morgan fingerprint density at radius 1 is 1.19 bits per heavy atom. The number of carbonyl (C=O) groups is 3. The Morgan fingerprint density at radius 2 is 1.86 bits per heavy atom. The van der Waals surface area contributed by atoms with Crippen molar-refractivity contribution in [2.75, 3.05) is 6.54 Å². The molecule has 1 aromatic carbocycles. The smallest absolute Gasteiger partial charge is 0.243 e. The van der Waals surface area contributed by atoms with E-state index in [2.05, 4.69) is 49.3 Å². The van der Waals surface area contributed by atoms with Crippen LogP contribution in [-0.2, 0) is 14.0 Å². The topological polar surface area (TPSA) is 115 Å².